The Balaban J connectivity index is 1.54. The Kier molecular flexibility index (Phi) is 4.51. The van der Waals surface area contributed by atoms with E-state index in [2.05, 4.69) is 20.6 Å². The smallest absolute Gasteiger partial charge is 0.272 e. The molecule has 1 amide bonds. The molecule has 0 saturated heterocycles. The first-order chi connectivity index (χ1) is 13.0. The van der Waals surface area contributed by atoms with E-state index in [-0.39, 0.29) is 17.8 Å². The predicted molar refractivity (Wildman–Crippen MR) is 99.4 cm³/mol. The normalized spacial score (nSPS) is 14.6. The Bertz CT molecular complexity index is 990. The number of halogens is 1. The number of fused-ring (bicyclic) bond motifs is 1. The first-order valence-electron chi connectivity index (χ1n) is 9.22. The van der Waals surface area contributed by atoms with Gasteiger partial charge < -0.3 is 5.32 Å². The van der Waals surface area contributed by atoms with E-state index in [1.807, 2.05) is 13.8 Å². The highest BCUT2D eigenvalue weighted by Crippen LogP contribution is 2.24. The van der Waals surface area contributed by atoms with E-state index in [0.717, 1.165) is 48.2 Å². The standard InChI is InChI=1S/C20H22FN5O/c1-12(23-20(27)19-16-8-3-4-9-18(16)24-25-19)17-11-22-26(13(17)2)15-7-5-6-14(21)10-15/h5-7,10-12H,3-4,8-9H2,1-2H3,(H,23,27)(H,24,25)/t12-/m1/s1. The molecule has 0 aliphatic heterocycles. The molecule has 0 spiro atoms. The highest BCUT2D eigenvalue weighted by atomic mass is 19.1. The molecule has 3 aromatic rings. The van der Waals surface area contributed by atoms with Crippen LogP contribution in [0.1, 0.15) is 58.8 Å². The SMILES string of the molecule is Cc1c([C@@H](C)NC(=O)c2n[nH]c3c2CCCC3)cnn1-c1cccc(F)c1. The first-order valence-corrected chi connectivity index (χ1v) is 9.22. The van der Waals surface area contributed by atoms with Crippen LogP contribution < -0.4 is 5.32 Å². The van der Waals surface area contributed by atoms with Crippen molar-refractivity contribution < 1.29 is 9.18 Å². The van der Waals surface area contributed by atoms with Crippen LogP contribution in [0.3, 0.4) is 0 Å². The summed E-state index contributed by atoms with van der Waals surface area (Å²) in [5.41, 5.74) is 5.01. The second-order valence-electron chi connectivity index (χ2n) is 7.01. The molecular weight excluding hydrogens is 345 g/mol. The van der Waals surface area contributed by atoms with Crippen molar-refractivity contribution in [3.63, 3.8) is 0 Å². The molecule has 0 saturated carbocycles. The molecule has 0 fully saturated rings. The number of rotatable bonds is 4. The third-order valence-corrected chi connectivity index (χ3v) is 5.19. The van der Waals surface area contributed by atoms with Crippen LogP contribution in [0.5, 0.6) is 0 Å². The van der Waals surface area contributed by atoms with Crippen molar-refractivity contribution in [3.8, 4) is 5.69 Å². The number of hydrogen-bond acceptors (Lipinski definition) is 3. The van der Waals surface area contributed by atoms with Gasteiger partial charge in [-0.3, -0.25) is 9.89 Å². The molecular formula is C20H22FN5O. The van der Waals surface area contributed by atoms with Gasteiger partial charge in [0.2, 0.25) is 0 Å². The molecule has 6 nitrogen and oxygen atoms in total. The maximum Gasteiger partial charge on any atom is 0.272 e. The zero-order valence-corrected chi connectivity index (χ0v) is 15.4. The number of H-pyrrole nitrogens is 1. The van der Waals surface area contributed by atoms with Gasteiger partial charge >= 0.3 is 0 Å². The Morgan fingerprint density at radius 2 is 2.15 bits per heavy atom. The second kappa shape index (κ2) is 6.98. The third-order valence-electron chi connectivity index (χ3n) is 5.19. The van der Waals surface area contributed by atoms with Crippen LogP contribution in [0.2, 0.25) is 0 Å². The molecule has 1 atom stereocenters. The minimum absolute atomic E-state index is 0.181. The van der Waals surface area contributed by atoms with Crippen LogP contribution in [0.25, 0.3) is 5.69 Å². The number of nitrogens with one attached hydrogen (secondary N) is 2. The Hall–Kier alpha value is -2.96. The van der Waals surface area contributed by atoms with Gasteiger partial charge in [-0.2, -0.15) is 10.2 Å². The molecule has 0 bridgehead atoms. The lowest BCUT2D eigenvalue weighted by Gasteiger charge is -2.15. The van der Waals surface area contributed by atoms with Gasteiger partial charge in [-0.25, -0.2) is 9.07 Å². The van der Waals surface area contributed by atoms with Crippen molar-refractivity contribution in [3.05, 3.63) is 64.5 Å². The van der Waals surface area contributed by atoms with E-state index in [0.29, 0.717) is 11.4 Å². The number of aromatic nitrogens is 4. The molecule has 1 aromatic carbocycles. The monoisotopic (exact) mass is 367 g/mol. The maximum absolute atomic E-state index is 13.5. The molecule has 27 heavy (non-hydrogen) atoms. The van der Waals surface area contributed by atoms with Crippen LogP contribution >= 0.6 is 0 Å². The van der Waals surface area contributed by atoms with Crippen molar-refractivity contribution in [1.82, 2.24) is 25.3 Å². The quantitative estimate of drug-likeness (QED) is 0.742. The number of carbonyl (C=O) groups excluding carboxylic acids is 1. The van der Waals surface area contributed by atoms with Crippen molar-refractivity contribution >= 4 is 5.91 Å². The molecule has 1 aliphatic carbocycles. The van der Waals surface area contributed by atoms with Gasteiger partial charge in [0.1, 0.15) is 5.82 Å². The first kappa shape index (κ1) is 17.5. The summed E-state index contributed by atoms with van der Waals surface area (Å²) in [6.07, 6.45) is 5.77. The van der Waals surface area contributed by atoms with Crippen LogP contribution in [0.15, 0.2) is 30.5 Å². The molecule has 1 aliphatic rings. The van der Waals surface area contributed by atoms with Gasteiger partial charge in [-0.05, 0) is 57.7 Å². The molecule has 2 N–H and O–H groups in total. The van der Waals surface area contributed by atoms with Crippen LogP contribution in [0.4, 0.5) is 4.39 Å². The minimum Gasteiger partial charge on any atom is -0.344 e. The van der Waals surface area contributed by atoms with E-state index < -0.39 is 0 Å². The largest absolute Gasteiger partial charge is 0.344 e. The molecule has 140 valence electrons. The van der Waals surface area contributed by atoms with Gasteiger partial charge in [0.25, 0.3) is 5.91 Å². The Morgan fingerprint density at radius 3 is 2.96 bits per heavy atom. The van der Waals surface area contributed by atoms with Gasteiger partial charge in [-0.15, -0.1) is 0 Å². The molecule has 2 heterocycles. The number of nitrogens with zero attached hydrogens (tertiary/aromatic N) is 3. The summed E-state index contributed by atoms with van der Waals surface area (Å²) in [4.78, 5) is 12.7. The zero-order valence-electron chi connectivity index (χ0n) is 15.4. The number of aryl methyl sites for hydroxylation is 1. The highest BCUT2D eigenvalue weighted by molar-refractivity contribution is 5.94. The van der Waals surface area contributed by atoms with E-state index >= 15 is 0 Å². The van der Waals surface area contributed by atoms with Gasteiger partial charge in [0.15, 0.2) is 5.69 Å². The number of aromatic amines is 1. The lowest BCUT2D eigenvalue weighted by Crippen LogP contribution is -2.28. The molecule has 2 aromatic heterocycles. The van der Waals surface area contributed by atoms with Crippen molar-refractivity contribution in [1.29, 1.82) is 0 Å². The summed E-state index contributed by atoms with van der Waals surface area (Å²) < 4.78 is 15.2. The zero-order chi connectivity index (χ0) is 19.0. The fourth-order valence-corrected chi connectivity index (χ4v) is 3.73. The second-order valence-corrected chi connectivity index (χ2v) is 7.01. The molecule has 7 heteroatoms. The average Bonchev–Trinajstić information content (AvgIpc) is 3.25. The average molecular weight is 367 g/mol. The Labute approximate surface area is 156 Å². The lowest BCUT2D eigenvalue weighted by atomic mass is 9.95. The van der Waals surface area contributed by atoms with Gasteiger partial charge in [-0.1, -0.05) is 6.07 Å². The van der Waals surface area contributed by atoms with E-state index in [4.69, 9.17) is 0 Å². The number of carbonyl (C=O) groups is 1. The van der Waals surface area contributed by atoms with Crippen molar-refractivity contribution in [2.45, 2.75) is 45.6 Å². The van der Waals surface area contributed by atoms with Crippen molar-refractivity contribution in [2.75, 3.05) is 0 Å². The third kappa shape index (κ3) is 3.25. The summed E-state index contributed by atoms with van der Waals surface area (Å²) >= 11 is 0. The van der Waals surface area contributed by atoms with Gasteiger partial charge in [0.05, 0.1) is 17.9 Å². The van der Waals surface area contributed by atoms with Crippen LogP contribution in [0, 0.1) is 12.7 Å². The van der Waals surface area contributed by atoms with E-state index in [1.165, 1.54) is 12.1 Å². The maximum atomic E-state index is 13.5. The minimum atomic E-state index is -0.311. The van der Waals surface area contributed by atoms with Crippen LogP contribution in [-0.2, 0) is 12.8 Å². The summed E-state index contributed by atoms with van der Waals surface area (Å²) in [6, 6.07) is 6.04. The van der Waals surface area contributed by atoms with E-state index in [9.17, 15) is 9.18 Å². The van der Waals surface area contributed by atoms with Crippen molar-refractivity contribution in [2.24, 2.45) is 0 Å². The number of benzene rings is 1. The summed E-state index contributed by atoms with van der Waals surface area (Å²) in [5.74, 6) is -0.492. The lowest BCUT2D eigenvalue weighted by molar-refractivity contribution is 0.0933. The summed E-state index contributed by atoms with van der Waals surface area (Å²) in [7, 11) is 0. The Morgan fingerprint density at radius 1 is 1.33 bits per heavy atom. The fourth-order valence-electron chi connectivity index (χ4n) is 3.73. The topological polar surface area (TPSA) is 75.6 Å². The number of hydrogen-bond donors (Lipinski definition) is 2. The van der Waals surface area contributed by atoms with Gasteiger partial charge in [0, 0.05) is 22.5 Å². The van der Waals surface area contributed by atoms with E-state index in [1.54, 1.807) is 23.0 Å². The summed E-state index contributed by atoms with van der Waals surface area (Å²) in [5, 5.41) is 14.6. The molecule has 0 radical (unpaired) electrons. The highest BCUT2D eigenvalue weighted by Gasteiger charge is 2.24. The predicted octanol–water partition coefficient (Wildman–Crippen LogP) is 3.41. The number of amides is 1. The molecule has 4 rings (SSSR count). The van der Waals surface area contributed by atoms with Crippen LogP contribution in [-0.4, -0.2) is 25.9 Å². The summed E-state index contributed by atoms with van der Waals surface area (Å²) in [6.45, 7) is 3.82. The fraction of sp³-hybridized carbons (Fsp3) is 0.350. The molecule has 0 unspecified atom stereocenters.